The van der Waals surface area contributed by atoms with E-state index in [0.717, 1.165) is 22.2 Å². The van der Waals surface area contributed by atoms with Crippen molar-refractivity contribution in [1.82, 2.24) is 15.2 Å². The van der Waals surface area contributed by atoms with Gasteiger partial charge in [-0.05, 0) is 29.5 Å². The number of pyridine rings is 2. The normalized spacial score (nSPS) is 11.0. The van der Waals surface area contributed by atoms with Gasteiger partial charge in [0.25, 0.3) is 5.91 Å². The predicted molar refractivity (Wildman–Crippen MR) is 122 cm³/mol. The fourth-order valence-corrected chi connectivity index (χ4v) is 4.70. The third-order valence-corrected chi connectivity index (χ3v) is 6.26. The molecule has 0 atom stereocenters. The zero-order valence-electron chi connectivity index (χ0n) is 17.0. The van der Waals surface area contributed by atoms with E-state index >= 15 is 0 Å². The first kappa shape index (κ1) is 20.2. The standard InChI is InChI=1S/C21H14N8O3S/c1-29-16(21(31)32-28-29)13-10(8-22)18(24)27-20-14(13)15(23)17(33-20)19(30)26-12-6-2-5-11-9(12)4-3-7-25-11/h2-7H,1H3,(H5-,23,24,25,26,27,28,30,31)/p+1. The second-order valence-electron chi connectivity index (χ2n) is 7.10. The monoisotopic (exact) mass is 459 g/mol. The number of carbonyl (C=O) groups excluding carboxylic acids is 1. The van der Waals surface area contributed by atoms with Gasteiger partial charge in [-0.2, -0.15) is 5.26 Å². The SMILES string of the molecule is C[n+]1[nH]oc(=O)c1-c1c(C#N)c(N)nc2sc(C(=O)Nc3cccc4ncccc34)c(N)c12. The summed E-state index contributed by atoms with van der Waals surface area (Å²) in [5.41, 5.74) is 13.2. The molecule has 0 aliphatic heterocycles. The number of hydrogen-bond acceptors (Lipinski definition) is 9. The molecule has 0 aliphatic carbocycles. The van der Waals surface area contributed by atoms with Crippen LogP contribution in [0.25, 0.3) is 32.4 Å². The molecule has 0 fully saturated rings. The van der Waals surface area contributed by atoms with E-state index in [-0.39, 0.29) is 38.6 Å². The Labute approximate surface area is 188 Å². The summed E-state index contributed by atoms with van der Waals surface area (Å²) in [6.07, 6.45) is 1.67. The third-order valence-electron chi connectivity index (χ3n) is 5.16. The molecule has 5 aromatic rings. The molecule has 33 heavy (non-hydrogen) atoms. The Morgan fingerprint density at radius 3 is 2.85 bits per heavy atom. The van der Waals surface area contributed by atoms with Crippen molar-refractivity contribution in [2.45, 2.75) is 0 Å². The number of amides is 1. The molecule has 0 unspecified atom stereocenters. The van der Waals surface area contributed by atoms with Crippen LogP contribution in [0.1, 0.15) is 15.2 Å². The number of anilines is 3. The largest absolute Gasteiger partial charge is 0.435 e. The molecule has 0 spiro atoms. The molecular weight excluding hydrogens is 444 g/mol. The van der Waals surface area contributed by atoms with Crippen LogP contribution in [0.2, 0.25) is 0 Å². The van der Waals surface area contributed by atoms with Gasteiger partial charge in [-0.1, -0.05) is 10.7 Å². The summed E-state index contributed by atoms with van der Waals surface area (Å²) in [6, 6.07) is 11.0. The Kier molecular flexibility index (Phi) is 4.54. The highest BCUT2D eigenvalue weighted by Crippen LogP contribution is 2.41. The number of H-pyrrole nitrogens is 1. The number of carbonyl (C=O) groups is 1. The smallest absolute Gasteiger partial charge is 0.397 e. The van der Waals surface area contributed by atoms with Gasteiger partial charge in [0.15, 0.2) is 7.05 Å². The molecule has 12 heteroatoms. The van der Waals surface area contributed by atoms with Crippen molar-refractivity contribution < 1.29 is 14.0 Å². The van der Waals surface area contributed by atoms with Gasteiger partial charge in [-0.25, -0.2) is 9.78 Å². The van der Waals surface area contributed by atoms with Crippen LogP contribution in [0.3, 0.4) is 0 Å². The highest BCUT2D eigenvalue weighted by atomic mass is 32.1. The number of aromatic nitrogens is 4. The Morgan fingerprint density at radius 2 is 2.12 bits per heavy atom. The van der Waals surface area contributed by atoms with Gasteiger partial charge < -0.3 is 16.8 Å². The number of nitrogen functional groups attached to an aromatic ring is 2. The van der Waals surface area contributed by atoms with Crippen LogP contribution in [-0.2, 0) is 7.05 Å². The highest BCUT2D eigenvalue weighted by Gasteiger charge is 2.32. The topological polar surface area (TPSA) is 181 Å². The van der Waals surface area contributed by atoms with Gasteiger partial charge in [0, 0.05) is 11.6 Å². The van der Waals surface area contributed by atoms with E-state index in [1.165, 1.54) is 11.7 Å². The molecule has 1 aromatic carbocycles. The number of nitrogens with zero attached hydrogens (tertiary/aromatic N) is 4. The quantitative estimate of drug-likeness (QED) is 0.295. The fraction of sp³-hybridized carbons (Fsp3) is 0.0476. The van der Waals surface area contributed by atoms with Crippen molar-refractivity contribution in [2.24, 2.45) is 7.05 Å². The first-order valence-corrected chi connectivity index (χ1v) is 10.4. The molecule has 162 valence electrons. The molecule has 0 radical (unpaired) electrons. The molecule has 4 aromatic heterocycles. The maximum absolute atomic E-state index is 13.2. The first-order valence-electron chi connectivity index (χ1n) is 9.55. The lowest BCUT2D eigenvalue weighted by Crippen LogP contribution is -2.34. The van der Waals surface area contributed by atoms with E-state index in [9.17, 15) is 14.9 Å². The average molecular weight is 459 g/mol. The number of aromatic amines is 1. The summed E-state index contributed by atoms with van der Waals surface area (Å²) in [5.74, 6) is -0.561. The van der Waals surface area contributed by atoms with Crippen molar-refractivity contribution in [3.63, 3.8) is 0 Å². The number of nitrogens with two attached hydrogens (primary N) is 2. The van der Waals surface area contributed by atoms with E-state index in [2.05, 4.69) is 20.6 Å². The minimum absolute atomic E-state index is 0.0298. The average Bonchev–Trinajstić information content (AvgIpc) is 3.31. The van der Waals surface area contributed by atoms with Crippen LogP contribution in [0.5, 0.6) is 0 Å². The van der Waals surface area contributed by atoms with Gasteiger partial charge in [-0.15, -0.1) is 11.3 Å². The summed E-state index contributed by atoms with van der Waals surface area (Å²) >= 11 is 1.01. The van der Waals surface area contributed by atoms with Crippen molar-refractivity contribution >= 4 is 55.6 Å². The van der Waals surface area contributed by atoms with E-state index in [1.807, 2.05) is 18.2 Å². The summed E-state index contributed by atoms with van der Waals surface area (Å²) < 4.78 is 6.14. The molecule has 11 nitrogen and oxygen atoms in total. The minimum atomic E-state index is -0.722. The van der Waals surface area contributed by atoms with Crippen LogP contribution < -0.4 is 27.1 Å². The summed E-state index contributed by atoms with van der Waals surface area (Å²) in [4.78, 5) is 34.6. The minimum Gasteiger partial charge on any atom is -0.397 e. The van der Waals surface area contributed by atoms with E-state index < -0.39 is 11.5 Å². The molecule has 0 aliphatic rings. The first-order chi connectivity index (χ1) is 15.9. The van der Waals surface area contributed by atoms with Crippen molar-refractivity contribution in [2.75, 3.05) is 16.8 Å². The van der Waals surface area contributed by atoms with Crippen molar-refractivity contribution in [3.05, 3.63) is 57.4 Å². The lowest BCUT2D eigenvalue weighted by molar-refractivity contribution is -0.730. The van der Waals surface area contributed by atoms with Crippen LogP contribution >= 0.6 is 11.3 Å². The number of benzene rings is 1. The van der Waals surface area contributed by atoms with Gasteiger partial charge >= 0.3 is 11.3 Å². The van der Waals surface area contributed by atoms with E-state index in [1.54, 1.807) is 24.4 Å². The van der Waals surface area contributed by atoms with Gasteiger partial charge in [0.2, 0.25) is 0 Å². The molecule has 0 bridgehead atoms. The van der Waals surface area contributed by atoms with Crippen molar-refractivity contribution in [1.29, 1.82) is 5.26 Å². The Morgan fingerprint density at radius 1 is 1.30 bits per heavy atom. The Balaban J connectivity index is 1.71. The predicted octanol–water partition coefficient (Wildman–Crippen LogP) is 1.91. The molecule has 4 heterocycles. The zero-order chi connectivity index (χ0) is 23.3. The van der Waals surface area contributed by atoms with Crippen LogP contribution in [-0.4, -0.2) is 21.1 Å². The van der Waals surface area contributed by atoms with E-state index in [0.29, 0.717) is 10.5 Å². The van der Waals surface area contributed by atoms with Crippen LogP contribution in [0.4, 0.5) is 17.2 Å². The second-order valence-corrected chi connectivity index (χ2v) is 8.10. The number of fused-ring (bicyclic) bond motifs is 2. The number of hydrogen-bond donors (Lipinski definition) is 4. The third kappa shape index (κ3) is 3.07. The van der Waals surface area contributed by atoms with Gasteiger partial charge in [0.1, 0.15) is 27.2 Å². The number of nitriles is 1. The Hall–Kier alpha value is -4.76. The lowest BCUT2D eigenvalue weighted by atomic mass is 10.0. The Bertz CT molecular complexity index is 1690. The van der Waals surface area contributed by atoms with Crippen LogP contribution in [0.15, 0.2) is 45.8 Å². The van der Waals surface area contributed by atoms with Gasteiger partial charge in [-0.3, -0.25) is 14.3 Å². The fourth-order valence-electron chi connectivity index (χ4n) is 3.69. The number of nitrogens with one attached hydrogen (secondary N) is 2. The molecule has 5 rings (SSSR count). The molecule has 1 amide bonds. The molecule has 6 N–H and O–H groups in total. The summed E-state index contributed by atoms with van der Waals surface area (Å²) in [5, 5.41) is 16.0. The number of thiophene rings is 1. The lowest BCUT2D eigenvalue weighted by Gasteiger charge is -2.08. The maximum Gasteiger partial charge on any atom is 0.435 e. The highest BCUT2D eigenvalue weighted by molar-refractivity contribution is 7.21. The van der Waals surface area contributed by atoms with Crippen LogP contribution in [0, 0.1) is 11.3 Å². The maximum atomic E-state index is 13.2. The number of aryl methyl sites for hydroxylation is 1. The van der Waals surface area contributed by atoms with Gasteiger partial charge in [0.05, 0.1) is 27.8 Å². The zero-order valence-corrected chi connectivity index (χ0v) is 17.9. The summed E-state index contributed by atoms with van der Waals surface area (Å²) in [6.45, 7) is 0. The molecule has 0 saturated carbocycles. The molecule has 0 saturated heterocycles. The van der Waals surface area contributed by atoms with Crippen molar-refractivity contribution in [3.8, 4) is 17.3 Å². The van der Waals surface area contributed by atoms with E-state index in [4.69, 9.17) is 16.0 Å². The molecular formula is C21H15N8O3S+. The number of rotatable bonds is 3. The summed E-state index contributed by atoms with van der Waals surface area (Å²) in [7, 11) is 1.54. The second kappa shape index (κ2) is 7.43.